The SMILES string of the molecule is CC(c1ccc(-c2n[nH]c(C3CCC3)n2)cc1)N1CCOCC1. The lowest BCUT2D eigenvalue weighted by Crippen LogP contribution is -2.37. The van der Waals surface area contributed by atoms with E-state index in [1.54, 1.807) is 0 Å². The molecular formula is C18H24N4O. The third-order valence-electron chi connectivity index (χ3n) is 5.24. The highest BCUT2D eigenvalue weighted by Gasteiger charge is 2.23. The van der Waals surface area contributed by atoms with Crippen LogP contribution >= 0.6 is 0 Å². The van der Waals surface area contributed by atoms with Gasteiger partial charge in [-0.3, -0.25) is 10.00 Å². The zero-order valence-corrected chi connectivity index (χ0v) is 13.7. The van der Waals surface area contributed by atoms with Crippen molar-refractivity contribution in [3.05, 3.63) is 35.7 Å². The molecule has 1 aliphatic carbocycles. The average Bonchev–Trinajstić information content (AvgIpc) is 3.03. The van der Waals surface area contributed by atoms with Crippen LogP contribution < -0.4 is 0 Å². The number of hydrogen-bond donors (Lipinski definition) is 1. The predicted molar refractivity (Wildman–Crippen MR) is 89.2 cm³/mol. The van der Waals surface area contributed by atoms with E-state index >= 15 is 0 Å². The fourth-order valence-corrected chi connectivity index (χ4v) is 3.35. The van der Waals surface area contributed by atoms with Gasteiger partial charge in [-0.15, -0.1) is 0 Å². The fraction of sp³-hybridized carbons (Fsp3) is 0.556. The van der Waals surface area contributed by atoms with Crippen LogP contribution in [0.5, 0.6) is 0 Å². The summed E-state index contributed by atoms with van der Waals surface area (Å²) in [5, 5.41) is 7.50. The molecule has 1 saturated carbocycles. The molecule has 1 aliphatic heterocycles. The Kier molecular flexibility index (Phi) is 4.14. The average molecular weight is 312 g/mol. The molecule has 2 aromatic rings. The van der Waals surface area contributed by atoms with E-state index < -0.39 is 0 Å². The Morgan fingerprint density at radius 2 is 1.91 bits per heavy atom. The van der Waals surface area contributed by atoms with Crippen LogP contribution in [-0.2, 0) is 4.74 Å². The van der Waals surface area contributed by atoms with Crippen molar-refractivity contribution in [1.82, 2.24) is 20.1 Å². The number of benzene rings is 1. The first-order valence-corrected chi connectivity index (χ1v) is 8.65. The second kappa shape index (κ2) is 6.42. The third kappa shape index (κ3) is 3.03. The summed E-state index contributed by atoms with van der Waals surface area (Å²) in [7, 11) is 0. The number of nitrogens with zero attached hydrogens (tertiary/aromatic N) is 3. The lowest BCUT2D eigenvalue weighted by atomic mass is 9.85. The maximum Gasteiger partial charge on any atom is 0.181 e. The second-order valence-corrected chi connectivity index (χ2v) is 6.62. The van der Waals surface area contributed by atoms with Gasteiger partial charge in [0, 0.05) is 30.6 Å². The molecule has 23 heavy (non-hydrogen) atoms. The van der Waals surface area contributed by atoms with Crippen LogP contribution in [0.25, 0.3) is 11.4 Å². The molecule has 0 amide bonds. The third-order valence-corrected chi connectivity index (χ3v) is 5.24. The summed E-state index contributed by atoms with van der Waals surface area (Å²) >= 11 is 0. The quantitative estimate of drug-likeness (QED) is 0.942. The van der Waals surface area contributed by atoms with Crippen LogP contribution in [-0.4, -0.2) is 46.4 Å². The van der Waals surface area contributed by atoms with Gasteiger partial charge in [-0.1, -0.05) is 30.7 Å². The maximum atomic E-state index is 5.44. The highest BCUT2D eigenvalue weighted by Crippen LogP contribution is 2.35. The lowest BCUT2D eigenvalue weighted by molar-refractivity contribution is 0.0198. The topological polar surface area (TPSA) is 54.0 Å². The first kappa shape index (κ1) is 14.8. The molecule has 4 rings (SSSR count). The molecule has 1 atom stereocenters. The summed E-state index contributed by atoms with van der Waals surface area (Å²) in [4.78, 5) is 7.15. The van der Waals surface area contributed by atoms with E-state index in [9.17, 15) is 0 Å². The molecule has 5 heteroatoms. The van der Waals surface area contributed by atoms with E-state index in [0.717, 1.165) is 43.5 Å². The number of hydrogen-bond acceptors (Lipinski definition) is 4. The van der Waals surface area contributed by atoms with Crippen molar-refractivity contribution in [3.63, 3.8) is 0 Å². The molecular weight excluding hydrogens is 288 g/mol. The van der Waals surface area contributed by atoms with Crippen molar-refractivity contribution < 1.29 is 4.74 Å². The van der Waals surface area contributed by atoms with Crippen molar-refractivity contribution in [1.29, 1.82) is 0 Å². The van der Waals surface area contributed by atoms with E-state index in [2.05, 4.69) is 51.3 Å². The minimum absolute atomic E-state index is 0.422. The molecule has 2 aliphatic rings. The fourth-order valence-electron chi connectivity index (χ4n) is 3.35. The molecule has 1 N–H and O–H groups in total. The van der Waals surface area contributed by atoms with Gasteiger partial charge in [0.1, 0.15) is 5.82 Å². The zero-order chi connectivity index (χ0) is 15.6. The van der Waals surface area contributed by atoms with Gasteiger partial charge in [-0.05, 0) is 25.3 Å². The Balaban J connectivity index is 1.47. The number of aromatic amines is 1. The molecule has 0 spiro atoms. The van der Waals surface area contributed by atoms with Crippen LogP contribution in [0.1, 0.15) is 49.5 Å². The van der Waals surface area contributed by atoms with Crippen LogP contribution in [0.4, 0.5) is 0 Å². The minimum atomic E-state index is 0.422. The summed E-state index contributed by atoms with van der Waals surface area (Å²) in [5.74, 6) is 2.46. The van der Waals surface area contributed by atoms with Crippen LogP contribution in [0, 0.1) is 0 Å². The Morgan fingerprint density at radius 3 is 2.57 bits per heavy atom. The second-order valence-electron chi connectivity index (χ2n) is 6.62. The first-order chi connectivity index (χ1) is 11.3. The molecule has 1 aromatic carbocycles. The molecule has 122 valence electrons. The summed E-state index contributed by atoms with van der Waals surface area (Å²) < 4.78 is 5.44. The van der Waals surface area contributed by atoms with E-state index in [1.807, 2.05) is 0 Å². The molecule has 5 nitrogen and oxygen atoms in total. The highest BCUT2D eigenvalue weighted by molar-refractivity contribution is 5.55. The van der Waals surface area contributed by atoms with Gasteiger partial charge in [-0.25, -0.2) is 4.98 Å². The molecule has 1 aromatic heterocycles. The Bertz CT molecular complexity index is 641. The Morgan fingerprint density at radius 1 is 1.17 bits per heavy atom. The number of H-pyrrole nitrogens is 1. The number of rotatable bonds is 4. The molecule has 2 heterocycles. The van der Waals surface area contributed by atoms with Gasteiger partial charge in [-0.2, -0.15) is 5.10 Å². The van der Waals surface area contributed by atoms with Crippen molar-refractivity contribution in [2.24, 2.45) is 0 Å². The summed E-state index contributed by atoms with van der Waals surface area (Å²) in [5.41, 5.74) is 2.43. The van der Waals surface area contributed by atoms with Crippen LogP contribution in [0.3, 0.4) is 0 Å². The van der Waals surface area contributed by atoms with Gasteiger partial charge >= 0.3 is 0 Å². The molecule has 1 unspecified atom stereocenters. The molecule has 0 bridgehead atoms. The smallest absolute Gasteiger partial charge is 0.181 e. The van der Waals surface area contributed by atoms with Gasteiger partial charge < -0.3 is 4.74 Å². The summed E-state index contributed by atoms with van der Waals surface area (Å²) in [6.45, 7) is 5.96. The zero-order valence-electron chi connectivity index (χ0n) is 13.7. The van der Waals surface area contributed by atoms with Gasteiger partial charge in [0.05, 0.1) is 13.2 Å². The monoisotopic (exact) mass is 312 g/mol. The van der Waals surface area contributed by atoms with Crippen LogP contribution in [0.2, 0.25) is 0 Å². The van der Waals surface area contributed by atoms with E-state index in [1.165, 1.54) is 24.8 Å². The highest BCUT2D eigenvalue weighted by atomic mass is 16.5. The first-order valence-electron chi connectivity index (χ1n) is 8.65. The van der Waals surface area contributed by atoms with Crippen molar-refractivity contribution >= 4 is 0 Å². The minimum Gasteiger partial charge on any atom is -0.379 e. The normalized spacial score (nSPS) is 21.1. The molecule has 1 saturated heterocycles. The standard InChI is InChI=1S/C18H24N4O/c1-13(22-9-11-23-12-10-22)14-5-7-16(8-6-14)18-19-17(20-21-18)15-3-2-4-15/h5-8,13,15H,2-4,9-12H2,1H3,(H,19,20,21). The largest absolute Gasteiger partial charge is 0.379 e. The number of ether oxygens (including phenoxy) is 1. The van der Waals surface area contributed by atoms with Gasteiger partial charge in [0.15, 0.2) is 5.82 Å². The van der Waals surface area contributed by atoms with Gasteiger partial charge in [0.2, 0.25) is 0 Å². The van der Waals surface area contributed by atoms with Crippen molar-refractivity contribution in [2.75, 3.05) is 26.3 Å². The Hall–Kier alpha value is -1.72. The van der Waals surface area contributed by atoms with Crippen molar-refractivity contribution in [2.45, 2.75) is 38.1 Å². The van der Waals surface area contributed by atoms with E-state index in [4.69, 9.17) is 4.74 Å². The summed E-state index contributed by atoms with van der Waals surface area (Å²) in [6.07, 6.45) is 3.80. The molecule has 2 fully saturated rings. The van der Waals surface area contributed by atoms with Crippen molar-refractivity contribution in [3.8, 4) is 11.4 Å². The maximum absolute atomic E-state index is 5.44. The Labute approximate surface area is 137 Å². The number of nitrogens with one attached hydrogen (secondary N) is 1. The van der Waals surface area contributed by atoms with Gasteiger partial charge in [0.25, 0.3) is 0 Å². The number of aromatic nitrogens is 3. The molecule has 0 radical (unpaired) electrons. The van der Waals surface area contributed by atoms with E-state index in [-0.39, 0.29) is 0 Å². The van der Waals surface area contributed by atoms with Crippen LogP contribution in [0.15, 0.2) is 24.3 Å². The predicted octanol–water partition coefficient (Wildman–Crippen LogP) is 3.13. The number of morpholine rings is 1. The summed E-state index contributed by atoms with van der Waals surface area (Å²) in [6, 6.07) is 9.11. The lowest BCUT2D eigenvalue weighted by Gasteiger charge is -2.32. The van der Waals surface area contributed by atoms with E-state index in [0.29, 0.717) is 12.0 Å².